The van der Waals surface area contributed by atoms with Gasteiger partial charge in [0.1, 0.15) is 0 Å². The highest BCUT2D eigenvalue weighted by molar-refractivity contribution is 5.94. The summed E-state index contributed by atoms with van der Waals surface area (Å²) in [6, 6.07) is 14.5. The number of nitrogens with zero attached hydrogens (tertiary/aromatic N) is 3. The molecule has 3 aromatic rings. The second kappa shape index (κ2) is 9.31. The molecule has 1 saturated heterocycles. The number of nitrogens with one attached hydrogen (secondary N) is 1. The normalized spacial score (nSPS) is 14.6. The quantitative estimate of drug-likeness (QED) is 0.619. The standard InChI is InChI=1S/C24H28N4O3/c1-26-20-7-3-4-8-21(20)28(24(31)23(26)30)17-18-9-11-19(12-10-18)22(29)25-13-16-27-14-5-2-6-15-27/h3-4,7-12H,2,5-6,13-17H2,1H3,(H,25,29). The number of para-hydroxylation sites is 2. The second-order valence-electron chi connectivity index (χ2n) is 8.10. The summed E-state index contributed by atoms with van der Waals surface area (Å²) < 4.78 is 2.87. The van der Waals surface area contributed by atoms with E-state index in [9.17, 15) is 14.4 Å². The van der Waals surface area contributed by atoms with Gasteiger partial charge in [-0.2, -0.15) is 0 Å². The number of piperidine rings is 1. The van der Waals surface area contributed by atoms with Crippen LogP contribution in [-0.4, -0.2) is 46.1 Å². The predicted octanol–water partition coefficient (Wildman–Crippen LogP) is 1.96. The van der Waals surface area contributed by atoms with Gasteiger partial charge in [-0.1, -0.05) is 30.7 Å². The van der Waals surface area contributed by atoms with Crippen LogP contribution in [0.2, 0.25) is 0 Å². The van der Waals surface area contributed by atoms with Gasteiger partial charge in [0.05, 0.1) is 17.6 Å². The molecule has 7 heteroatoms. The number of carbonyl (C=O) groups excluding carboxylic acids is 1. The zero-order chi connectivity index (χ0) is 21.8. The maximum atomic E-state index is 12.6. The molecule has 0 saturated carbocycles. The number of aryl methyl sites for hydroxylation is 1. The van der Waals surface area contributed by atoms with Gasteiger partial charge in [0, 0.05) is 25.7 Å². The van der Waals surface area contributed by atoms with Crippen molar-refractivity contribution in [3.8, 4) is 0 Å². The van der Waals surface area contributed by atoms with Crippen LogP contribution in [0, 0.1) is 0 Å². The third-order valence-electron chi connectivity index (χ3n) is 5.99. The van der Waals surface area contributed by atoms with Crippen LogP contribution < -0.4 is 16.4 Å². The number of benzene rings is 2. The van der Waals surface area contributed by atoms with Gasteiger partial charge in [-0.25, -0.2) is 0 Å². The van der Waals surface area contributed by atoms with E-state index in [2.05, 4.69) is 10.2 Å². The van der Waals surface area contributed by atoms with E-state index in [1.54, 1.807) is 19.2 Å². The third kappa shape index (κ3) is 4.61. The highest BCUT2D eigenvalue weighted by atomic mass is 16.2. The van der Waals surface area contributed by atoms with Crippen LogP contribution in [0.4, 0.5) is 0 Å². The Morgan fingerprint density at radius 2 is 1.58 bits per heavy atom. The van der Waals surface area contributed by atoms with Gasteiger partial charge < -0.3 is 14.8 Å². The molecule has 4 rings (SSSR count). The molecule has 0 radical (unpaired) electrons. The lowest BCUT2D eigenvalue weighted by Crippen LogP contribution is -2.40. The Morgan fingerprint density at radius 3 is 2.29 bits per heavy atom. The lowest BCUT2D eigenvalue weighted by Gasteiger charge is -2.26. The van der Waals surface area contributed by atoms with Gasteiger partial charge in [0.2, 0.25) is 0 Å². The van der Waals surface area contributed by atoms with Crippen molar-refractivity contribution in [1.29, 1.82) is 0 Å². The summed E-state index contributed by atoms with van der Waals surface area (Å²) >= 11 is 0. The van der Waals surface area contributed by atoms with E-state index in [4.69, 9.17) is 0 Å². The molecule has 1 fully saturated rings. The minimum absolute atomic E-state index is 0.0974. The molecule has 7 nitrogen and oxygen atoms in total. The molecule has 0 atom stereocenters. The van der Waals surface area contributed by atoms with Crippen LogP contribution in [0.25, 0.3) is 11.0 Å². The molecular weight excluding hydrogens is 392 g/mol. The maximum Gasteiger partial charge on any atom is 0.317 e. The Hall–Kier alpha value is -3.19. The van der Waals surface area contributed by atoms with Crippen LogP contribution in [0.5, 0.6) is 0 Å². The van der Waals surface area contributed by atoms with E-state index < -0.39 is 11.1 Å². The topological polar surface area (TPSA) is 76.3 Å². The number of hydrogen-bond donors (Lipinski definition) is 1. The minimum Gasteiger partial charge on any atom is -0.351 e. The third-order valence-corrected chi connectivity index (χ3v) is 5.99. The van der Waals surface area contributed by atoms with Crippen LogP contribution in [0.15, 0.2) is 58.1 Å². The van der Waals surface area contributed by atoms with Crippen molar-refractivity contribution in [3.63, 3.8) is 0 Å². The number of carbonyl (C=O) groups is 1. The van der Waals surface area contributed by atoms with Crippen molar-refractivity contribution < 1.29 is 4.79 Å². The van der Waals surface area contributed by atoms with Crippen LogP contribution in [-0.2, 0) is 13.6 Å². The van der Waals surface area contributed by atoms with E-state index in [0.29, 0.717) is 23.1 Å². The molecule has 1 aliphatic heterocycles. The van der Waals surface area contributed by atoms with Crippen LogP contribution in [0.3, 0.4) is 0 Å². The molecule has 0 aliphatic carbocycles. The van der Waals surface area contributed by atoms with Gasteiger partial charge in [0.25, 0.3) is 5.91 Å². The predicted molar refractivity (Wildman–Crippen MR) is 122 cm³/mol. The minimum atomic E-state index is -0.555. The number of aromatic nitrogens is 2. The zero-order valence-electron chi connectivity index (χ0n) is 17.8. The largest absolute Gasteiger partial charge is 0.351 e. The first-order valence-corrected chi connectivity index (χ1v) is 10.8. The van der Waals surface area contributed by atoms with Crippen LogP contribution in [0.1, 0.15) is 35.2 Å². The molecule has 0 spiro atoms. The number of amides is 1. The number of fused-ring (bicyclic) bond motifs is 1. The lowest BCUT2D eigenvalue weighted by molar-refractivity contribution is 0.0946. The van der Waals surface area contributed by atoms with Gasteiger partial charge in [-0.15, -0.1) is 0 Å². The Morgan fingerprint density at radius 1 is 0.903 bits per heavy atom. The Balaban J connectivity index is 1.45. The van der Waals surface area contributed by atoms with Gasteiger partial charge in [0.15, 0.2) is 0 Å². The van der Waals surface area contributed by atoms with Crippen LogP contribution >= 0.6 is 0 Å². The molecule has 2 heterocycles. The fraction of sp³-hybridized carbons (Fsp3) is 0.375. The summed E-state index contributed by atoms with van der Waals surface area (Å²) in [4.78, 5) is 39.7. The van der Waals surface area contributed by atoms with Crippen molar-refractivity contribution in [2.75, 3.05) is 26.2 Å². The van der Waals surface area contributed by atoms with Gasteiger partial charge >= 0.3 is 11.1 Å². The van der Waals surface area contributed by atoms with E-state index >= 15 is 0 Å². The number of hydrogen-bond acceptors (Lipinski definition) is 4. The Bertz CT molecular complexity index is 1190. The summed E-state index contributed by atoms with van der Waals surface area (Å²) in [5, 5.41) is 2.98. The van der Waals surface area contributed by atoms with E-state index in [1.165, 1.54) is 28.4 Å². The summed E-state index contributed by atoms with van der Waals surface area (Å²) in [6.07, 6.45) is 3.78. The van der Waals surface area contributed by atoms with Gasteiger partial charge in [-0.05, 0) is 55.8 Å². The van der Waals surface area contributed by atoms with E-state index in [0.717, 1.165) is 25.2 Å². The van der Waals surface area contributed by atoms with Crippen molar-refractivity contribution >= 4 is 16.9 Å². The molecule has 2 aromatic carbocycles. The summed E-state index contributed by atoms with van der Waals surface area (Å²) in [5.74, 6) is -0.0974. The first kappa shape index (κ1) is 21.1. The monoisotopic (exact) mass is 420 g/mol. The summed E-state index contributed by atoms with van der Waals surface area (Å²) in [6.45, 7) is 4.01. The van der Waals surface area contributed by atoms with Gasteiger partial charge in [-0.3, -0.25) is 19.0 Å². The highest BCUT2D eigenvalue weighted by Gasteiger charge is 2.13. The SMILES string of the molecule is Cn1c(=O)c(=O)n(Cc2ccc(C(=O)NCCN3CCCCC3)cc2)c2ccccc21. The second-order valence-corrected chi connectivity index (χ2v) is 8.10. The first-order chi connectivity index (χ1) is 15.0. The van der Waals surface area contributed by atoms with Crippen molar-refractivity contribution in [3.05, 3.63) is 80.4 Å². The number of rotatable bonds is 6. The smallest absolute Gasteiger partial charge is 0.317 e. The van der Waals surface area contributed by atoms with E-state index in [-0.39, 0.29) is 12.5 Å². The summed E-state index contributed by atoms with van der Waals surface area (Å²) in [7, 11) is 1.61. The highest BCUT2D eigenvalue weighted by Crippen LogP contribution is 2.12. The molecule has 1 N–H and O–H groups in total. The average Bonchev–Trinajstić information content (AvgIpc) is 2.81. The fourth-order valence-corrected chi connectivity index (χ4v) is 4.17. The molecule has 0 unspecified atom stereocenters. The van der Waals surface area contributed by atoms with Crippen molar-refractivity contribution in [2.45, 2.75) is 25.8 Å². The van der Waals surface area contributed by atoms with Crippen molar-refractivity contribution in [1.82, 2.24) is 19.4 Å². The maximum absolute atomic E-state index is 12.6. The fourth-order valence-electron chi connectivity index (χ4n) is 4.17. The molecule has 1 aromatic heterocycles. The summed E-state index contributed by atoms with van der Waals surface area (Å²) in [5.41, 5.74) is 1.74. The molecule has 0 bridgehead atoms. The molecule has 162 valence electrons. The molecule has 1 amide bonds. The lowest BCUT2D eigenvalue weighted by atomic mass is 10.1. The molecule has 31 heavy (non-hydrogen) atoms. The average molecular weight is 421 g/mol. The number of likely N-dealkylation sites (tertiary alicyclic amines) is 1. The van der Waals surface area contributed by atoms with E-state index in [1.807, 2.05) is 36.4 Å². The zero-order valence-corrected chi connectivity index (χ0v) is 17.8. The molecule has 1 aliphatic rings. The Kier molecular flexibility index (Phi) is 6.32. The Labute approximate surface area is 180 Å². The first-order valence-electron chi connectivity index (χ1n) is 10.8. The molecular formula is C24H28N4O3. The van der Waals surface area contributed by atoms with Crippen molar-refractivity contribution in [2.24, 2.45) is 7.05 Å².